The van der Waals surface area contributed by atoms with E-state index in [-0.39, 0.29) is 12.2 Å². The largest absolute Gasteiger partial charge is 0.491 e. The van der Waals surface area contributed by atoms with Gasteiger partial charge in [-0.1, -0.05) is 0 Å². The summed E-state index contributed by atoms with van der Waals surface area (Å²) in [7, 11) is 0. The predicted octanol–water partition coefficient (Wildman–Crippen LogP) is 3.15. The third-order valence-electron chi connectivity index (χ3n) is 4.35. The van der Waals surface area contributed by atoms with Gasteiger partial charge >= 0.3 is 0 Å². The van der Waals surface area contributed by atoms with E-state index in [1.165, 1.54) is 0 Å². The molecule has 0 saturated carbocycles. The van der Waals surface area contributed by atoms with Crippen molar-refractivity contribution in [2.45, 2.75) is 32.5 Å². The van der Waals surface area contributed by atoms with Crippen LogP contribution in [0.5, 0.6) is 11.5 Å². The van der Waals surface area contributed by atoms with Gasteiger partial charge in [-0.25, -0.2) is 0 Å². The standard InChI is InChI=1S/C19H22N4O2/c1-12-5-6-20-9-13(2)25-16-7-14(10-21-11-16)19-17-8-15(24-12)3-4-18(17)22-23-19/h3-4,7-8,10-13,20H,5-6,9H2,1-2H3,(H,22,23). The molecule has 4 bridgehead atoms. The van der Waals surface area contributed by atoms with E-state index in [9.17, 15) is 0 Å². The number of H-pyrrole nitrogens is 1. The van der Waals surface area contributed by atoms with Gasteiger partial charge in [0.1, 0.15) is 23.3 Å². The smallest absolute Gasteiger partial charge is 0.138 e. The number of aromatic amines is 1. The molecule has 0 aliphatic carbocycles. The average molecular weight is 338 g/mol. The van der Waals surface area contributed by atoms with Crippen LogP contribution in [0, 0.1) is 0 Å². The van der Waals surface area contributed by atoms with Crippen molar-refractivity contribution in [3.05, 3.63) is 36.7 Å². The van der Waals surface area contributed by atoms with Gasteiger partial charge in [0.05, 0.1) is 17.8 Å². The second-order valence-electron chi connectivity index (χ2n) is 6.54. The molecule has 6 nitrogen and oxygen atoms in total. The summed E-state index contributed by atoms with van der Waals surface area (Å²) >= 11 is 0. The first kappa shape index (κ1) is 15.9. The second kappa shape index (κ2) is 6.72. The molecule has 2 aromatic heterocycles. The maximum atomic E-state index is 6.07. The Morgan fingerprint density at radius 3 is 2.84 bits per heavy atom. The molecule has 2 atom stereocenters. The maximum Gasteiger partial charge on any atom is 0.138 e. The first-order chi connectivity index (χ1) is 12.2. The summed E-state index contributed by atoms with van der Waals surface area (Å²) in [5, 5.41) is 12.0. The zero-order chi connectivity index (χ0) is 17.2. The zero-order valence-electron chi connectivity index (χ0n) is 14.5. The van der Waals surface area contributed by atoms with Crippen LogP contribution in [-0.4, -0.2) is 40.5 Å². The molecule has 3 aromatic rings. The fourth-order valence-electron chi connectivity index (χ4n) is 3.08. The lowest BCUT2D eigenvalue weighted by Gasteiger charge is -2.17. The SMILES string of the molecule is CC1CCNCC(C)Oc2cncc(c2)-c2n[nH]c3ccc(cc23)O1. The van der Waals surface area contributed by atoms with Crippen LogP contribution in [0.2, 0.25) is 0 Å². The van der Waals surface area contributed by atoms with Crippen LogP contribution < -0.4 is 14.8 Å². The molecule has 6 heteroatoms. The Kier molecular flexibility index (Phi) is 4.28. The highest BCUT2D eigenvalue weighted by Crippen LogP contribution is 2.31. The van der Waals surface area contributed by atoms with Crippen molar-refractivity contribution >= 4 is 10.9 Å². The van der Waals surface area contributed by atoms with E-state index in [4.69, 9.17) is 9.47 Å². The average Bonchev–Trinajstić information content (AvgIpc) is 3.01. The molecule has 2 N–H and O–H groups in total. The molecule has 0 radical (unpaired) electrons. The van der Waals surface area contributed by atoms with Crippen molar-refractivity contribution in [3.8, 4) is 22.8 Å². The van der Waals surface area contributed by atoms with Crippen LogP contribution >= 0.6 is 0 Å². The lowest BCUT2D eigenvalue weighted by molar-refractivity contribution is 0.197. The number of aromatic nitrogens is 3. The van der Waals surface area contributed by atoms with Crippen molar-refractivity contribution in [1.82, 2.24) is 20.5 Å². The molecule has 0 amide bonds. The van der Waals surface area contributed by atoms with E-state index in [0.29, 0.717) is 0 Å². The minimum Gasteiger partial charge on any atom is -0.491 e. The third-order valence-corrected chi connectivity index (χ3v) is 4.35. The molecular weight excluding hydrogens is 316 g/mol. The lowest BCUT2D eigenvalue weighted by Crippen LogP contribution is -2.31. The van der Waals surface area contributed by atoms with Gasteiger partial charge in [-0.15, -0.1) is 0 Å². The number of rotatable bonds is 0. The number of pyridine rings is 1. The number of ether oxygens (including phenoxy) is 2. The number of hydrogen-bond donors (Lipinski definition) is 2. The van der Waals surface area contributed by atoms with Gasteiger partial charge in [-0.2, -0.15) is 5.10 Å². The van der Waals surface area contributed by atoms with Gasteiger partial charge in [0.15, 0.2) is 0 Å². The fourth-order valence-corrected chi connectivity index (χ4v) is 3.08. The number of nitrogens with zero attached hydrogens (tertiary/aromatic N) is 2. The summed E-state index contributed by atoms with van der Waals surface area (Å²) in [4.78, 5) is 4.32. The molecule has 2 unspecified atom stereocenters. The monoisotopic (exact) mass is 338 g/mol. The Morgan fingerprint density at radius 1 is 1.04 bits per heavy atom. The molecule has 130 valence electrons. The van der Waals surface area contributed by atoms with E-state index in [1.807, 2.05) is 31.2 Å². The number of hydrogen-bond acceptors (Lipinski definition) is 5. The molecule has 1 aromatic carbocycles. The molecule has 25 heavy (non-hydrogen) atoms. The van der Waals surface area contributed by atoms with Crippen molar-refractivity contribution in [2.75, 3.05) is 13.1 Å². The Morgan fingerprint density at radius 2 is 1.92 bits per heavy atom. The summed E-state index contributed by atoms with van der Waals surface area (Å²) in [6, 6.07) is 8.00. The molecule has 0 saturated heterocycles. The Hall–Kier alpha value is -2.60. The first-order valence-electron chi connectivity index (χ1n) is 8.66. The predicted molar refractivity (Wildman–Crippen MR) is 97.0 cm³/mol. The van der Waals surface area contributed by atoms with Gasteiger partial charge in [0, 0.05) is 23.7 Å². The van der Waals surface area contributed by atoms with Gasteiger partial charge < -0.3 is 14.8 Å². The quantitative estimate of drug-likeness (QED) is 0.659. The third kappa shape index (κ3) is 3.44. The Bertz CT molecular complexity index is 877. The molecule has 3 heterocycles. The fraction of sp³-hybridized carbons (Fsp3) is 0.368. The summed E-state index contributed by atoms with van der Waals surface area (Å²) in [6.45, 7) is 5.80. The highest BCUT2D eigenvalue weighted by molar-refractivity contribution is 5.93. The molecule has 4 rings (SSSR count). The minimum atomic E-state index is 0.0543. The first-order valence-corrected chi connectivity index (χ1v) is 8.66. The number of fused-ring (bicyclic) bond motifs is 4. The van der Waals surface area contributed by atoms with Crippen LogP contribution in [0.1, 0.15) is 20.3 Å². The summed E-state index contributed by atoms with van der Waals surface area (Å²) in [5.41, 5.74) is 2.75. The van der Waals surface area contributed by atoms with Crippen LogP contribution in [0.15, 0.2) is 36.7 Å². The highest BCUT2D eigenvalue weighted by Gasteiger charge is 2.14. The molecular formula is C19H22N4O2. The van der Waals surface area contributed by atoms with Crippen molar-refractivity contribution < 1.29 is 9.47 Å². The van der Waals surface area contributed by atoms with E-state index in [1.54, 1.807) is 12.4 Å². The van der Waals surface area contributed by atoms with Crippen LogP contribution in [0.25, 0.3) is 22.2 Å². The normalized spacial score (nSPS) is 21.2. The maximum absolute atomic E-state index is 6.07. The van der Waals surface area contributed by atoms with E-state index in [2.05, 4.69) is 27.4 Å². The van der Waals surface area contributed by atoms with Crippen LogP contribution in [0.3, 0.4) is 0 Å². The van der Waals surface area contributed by atoms with E-state index >= 15 is 0 Å². The Labute approximate surface area is 146 Å². The van der Waals surface area contributed by atoms with Gasteiger partial charge in [0.25, 0.3) is 0 Å². The Balaban J connectivity index is 1.79. The van der Waals surface area contributed by atoms with Gasteiger partial charge in [-0.3, -0.25) is 10.1 Å². The summed E-state index contributed by atoms with van der Waals surface area (Å²) < 4.78 is 12.1. The molecule has 0 spiro atoms. The molecule has 1 aliphatic heterocycles. The molecule has 0 fully saturated rings. The zero-order valence-corrected chi connectivity index (χ0v) is 14.5. The van der Waals surface area contributed by atoms with E-state index in [0.717, 1.165) is 53.2 Å². The van der Waals surface area contributed by atoms with Gasteiger partial charge in [-0.05, 0) is 51.1 Å². The number of nitrogens with one attached hydrogen (secondary N) is 2. The summed E-state index contributed by atoms with van der Waals surface area (Å²) in [6.07, 6.45) is 4.66. The van der Waals surface area contributed by atoms with Crippen molar-refractivity contribution in [3.63, 3.8) is 0 Å². The van der Waals surface area contributed by atoms with Crippen molar-refractivity contribution in [2.24, 2.45) is 0 Å². The highest BCUT2D eigenvalue weighted by atomic mass is 16.5. The summed E-state index contributed by atoms with van der Waals surface area (Å²) in [5.74, 6) is 1.60. The lowest BCUT2D eigenvalue weighted by atomic mass is 10.1. The van der Waals surface area contributed by atoms with Crippen LogP contribution in [-0.2, 0) is 0 Å². The second-order valence-corrected chi connectivity index (χ2v) is 6.54. The molecule has 1 aliphatic rings. The van der Waals surface area contributed by atoms with Crippen LogP contribution in [0.4, 0.5) is 0 Å². The van der Waals surface area contributed by atoms with Crippen molar-refractivity contribution in [1.29, 1.82) is 0 Å². The topological polar surface area (TPSA) is 72.1 Å². The minimum absolute atomic E-state index is 0.0543. The van der Waals surface area contributed by atoms with E-state index < -0.39 is 0 Å². The van der Waals surface area contributed by atoms with Gasteiger partial charge in [0.2, 0.25) is 0 Å². The number of benzene rings is 1.